The molecule has 7 heteroatoms. The van der Waals surface area contributed by atoms with E-state index in [4.69, 9.17) is 4.74 Å². The van der Waals surface area contributed by atoms with Gasteiger partial charge in [0.25, 0.3) is 0 Å². The molecule has 23 heavy (non-hydrogen) atoms. The Morgan fingerprint density at radius 3 is 2.83 bits per heavy atom. The molecule has 1 aromatic carbocycles. The molecule has 1 atom stereocenters. The van der Waals surface area contributed by atoms with Crippen molar-refractivity contribution >= 4 is 16.3 Å². The van der Waals surface area contributed by atoms with Crippen LogP contribution in [0.4, 0.5) is 4.39 Å². The normalized spacial score (nSPS) is 16.1. The van der Waals surface area contributed by atoms with Crippen molar-refractivity contribution in [1.82, 2.24) is 4.72 Å². The van der Waals surface area contributed by atoms with E-state index in [1.165, 1.54) is 18.2 Å². The average Bonchev–Trinajstić information content (AvgIpc) is 3.30. The zero-order valence-electron chi connectivity index (χ0n) is 13.1. The molecule has 0 aromatic heterocycles. The van der Waals surface area contributed by atoms with Crippen LogP contribution in [0.2, 0.25) is 0 Å². The van der Waals surface area contributed by atoms with Gasteiger partial charge < -0.3 is 9.53 Å². The number of ether oxygens (including phenoxy) is 1. The number of halogens is 1. The number of hydrogen-bond donors (Lipinski definition) is 1. The molecule has 0 radical (unpaired) electrons. The molecule has 1 N–H and O–H groups in total. The van der Waals surface area contributed by atoms with Crippen LogP contribution in [0.1, 0.15) is 44.2 Å². The summed E-state index contributed by atoms with van der Waals surface area (Å²) in [6.45, 7) is 2.18. The third kappa shape index (κ3) is 5.91. The van der Waals surface area contributed by atoms with Gasteiger partial charge in [0, 0.05) is 12.5 Å². The fraction of sp³-hybridized carbons (Fsp3) is 0.562. The third-order valence-electron chi connectivity index (χ3n) is 3.72. The van der Waals surface area contributed by atoms with Gasteiger partial charge in [-0.25, -0.2) is 17.5 Å². The molecule has 1 aromatic rings. The van der Waals surface area contributed by atoms with Gasteiger partial charge in [-0.2, -0.15) is 0 Å². The van der Waals surface area contributed by atoms with E-state index in [-0.39, 0.29) is 24.3 Å². The zero-order chi connectivity index (χ0) is 16.9. The first kappa shape index (κ1) is 17.9. The predicted octanol–water partition coefficient (Wildman–Crippen LogP) is 2.57. The standard InChI is InChI=1S/C16H22FNO4S/c1-12(18-23(20,21)9-3-2-8-19)14-6-7-15(17)16(10-14)22-11-13-4-5-13/h6-8,10,12-13,18H,2-5,9,11H2,1H3/t12-/m0/s1. The number of hydrogen-bond acceptors (Lipinski definition) is 4. The zero-order valence-corrected chi connectivity index (χ0v) is 13.9. The molecule has 1 fully saturated rings. The summed E-state index contributed by atoms with van der Waals surface area (Å²) in [5.74, 6) is 0.103. The molecule has 0 unspecified atom stereocenters. The maximum Gasteiger partial charge on any atom is 0.212 e. The highest BCUT2D eigenvalue weighted by Crippen LogP contribution is 2.31. The van der Waals surface area contributed by atoms with E-state index in [1.54, 1.807) is 6.92 Å². The second-order valence-corrected chi connectivity index (χ2v) is 7.78. The second-order valence-electron chi connectivity index (χ2n) is 5.91. The summed E-state index contributed by atoms with van der Waals surface area (Å²) in [4.78, 5) is 10.3. The van der Waals surface area contributed by atoms with Crippen LogP contribution >= 0.6 is 0 Å². The van der Waals surface area contributed by atoms with Crippen molar-refractivity contribution in [2.45, 2.75) is 38.6 Å². The Kier molecular flexibility index (Phi) is 6.12. The summed E-state index contributed by atoms with van der Waals surface area (Å²) in [6.07, 6.45) is 3.41. The highest BCUT2D eigenvalue weighted by molar-refractivity contribution is 7.89. The van der Waals surface area contributed by atoms with Crippen LogP contribution in [0.5, 0.6) is 5.75 Å². The molecular formula is C16H22FNO4S. The van der Waals surface area contributed by atoms with Crippen molar-refractivity contribution in [3.63, 3.8) is 0 Å². The van der Waals surface area contributed by atoms with E-state index in [0.29, 0.717) is 24.4 Å². The van der Waals surface area contributed by atoms with Crippen LogP contribution in [0.3, 0.4) is 0 Å². The fourth-order valence-electron chi connectivity index (χ4n) is 2.15. The van der Waals surface area contributed by atoms with E-state index in [0.717, 1.165) is 12.8 Å². The molecule has 2 rings (SSSR count). The molecule has 5 nitrogen and oxygen atoms in total. The first-order valence-corrected chi connectivity index (χ1v) is 9.42. The maximum absolute atomic E-state index is 13.8. The van der Waals surface area contributed by atoms with E-state index in [2.05, 4.69) is 4.72 Å². The second kappa shape index (κ2) is 7.88. The lowest BCUT2D eigenvalue weighted by Crippen LogP contribution is -2.29. The number of aldehydes is 1. The van der Waals surface area contributed by atoms with Crippen molar-refractivity contribution in [3.05, 3.63) is 29.6 Å². The predicted molar refractivity (Wildman–Crippen MR) is 85.3 cm³/mol. The van der Waals surface area contributed by atoms with Crippen molar-refractivity contribution in [2.75, 3.05) is 12.4 Å². The van der Waals surface area contributed by atoms with E-state index in [9.17, 15) is 17.6 Å². The number of nitrogens with one attached hydrogen (secondary N) is 1. The van der Waals surface area contributed by atoms with Gasteiger partial charge >= 0.3 is 0 Å². The SMILES string of the molecule is C[C@H](NS(=O)(=O)CCCC=O)c1ccc(F)c(OCC2CC2)c1. The average molecular weight is 343 g/mol. The summed E-state index contributed by atoms with van der Waals surface area (Å²) in [6, 6.07) is 3.86. The van der Waals surface area contributed by atoms with Crippen LogP contribution < -0.4 is 9.46 Å². The van der Waals surface area contributed by atoms with Crippen LogP contribution in [0.25, 0.3) is 0 Å². The summed E-state index contributed by atoms with van der Waals surface area (Å²) >= 11 is 0. The van der Waals surface area contributed by atoms with Crippen molar-refractivity contribution in [3.8, 4) is 5.75 Å². The minimum absolute atomic E-state index is 0.109. The summed E-state index contributed by atoms with van der Waals surface area (Å²) < 4.78 is 45.6. The lowest BCUT2D eigenvalue weighted by atomic mass is 10.1. The molecule has 0 aliphatic heterocycles. The number of carbonyl (C=O) groups is 1. The van der Waals surface area contributed by atoms with Gasteiger partial charge in [0.2, 0.25) is 10.0 Å². The molecule has 0 spiro atoms. The fourth-order valence-corrected chi connectivity index (χ4v) is 3.48. The minimum Gasteiger partial charge on any atom is -0.490 e. The summed E-state index contributed by atoms with van der Waals surface area (Å²) in [5, 5.41) is 0. The Bertz CT molecular complexity index is 643. The summed E-state index contributed by atoms with van der Waals surface area (Å²) in [7, 11) is -3.48. The lowest BCUT2D eigenvalue weighted by Gasteiger charge is -2.16. The molecule has 128 valence electrons. The topological polar surface area (TPSA) is 72.5 Å². The number of carbonyl (C=O) groups excluding carboxylic acids is 1. The van der Waals surface area contributed by atoms with Gasteiger partial charge in [0.05, 0.1) is 12.4 Å². The smallest absolute Gasteiger partial charge is 0.212 e. The lowest BCUT2D eigenvalue weighted by molar-refractivity contribution is -0.107. The molecule has 0 saturated heterocycles. The Morgan fingerprint density at radius 1 is 1.43 bits per heavy atom. The number of unbranched alkanes of at least 4 members (excludes halogenated alkanes) is 1. The van der Waals surface area contributed by atoms with Gasteiger partial charge in [0.1, 0.15) is 6.29 Å². The highest BCUT2D eigenvalue weighted by atomic mass is 32.2. The van der Waals surface area contributed by atoms with Crippen LogP contribution in [0.15, 0.2) is 18.2 Å². The number of sulfonamides is 1. The highest BCUT2D eigenvalue weighted by Gasteiger charge is 2.23. The van der Waals surface area contributed by atoms with E-state index < -0.39 is 21.9 Å². The van der Waals surface area contributed by atoms with Crippen LogP contribution in [-0.2, 0) is 14.8 Å². The van der Waals surface area contributed by atoms with E-state index >= 15 is 0 Å². The van der Waals surface area contributed by atoms with Crippen molar-refractivity contribution < 1.29 is 22.3 Å². The Hall–Kier alpha value is -1.47. The number of rotatable bonds is 10. The Morgan fingerprint density at radius 2 is 2.17 bits per heavy atom. The first-order chi connectivity index (χ1) is 10.9. The van der Waals surface area contributed by atoms with Gasteiger partial charge in [-0.15, -0.1) is 0 Å². The molecule has 0 amide bonds. The molecule has 0 heterocycles. The van der Waals surface area contributed by atoms with Crippen molar-refractivity contribution in [2.24, 2.45) is 5.92 Å². The molecular weight excluding hydrogens is 321 g/mol. The van der Waals surface area contributed by atoms with Gasteiger partial charge in [-0.05, 0) is 49.8 Å². The maximum atomic E-state index is 13.8. The van der Waals surface area contributed by atoms with Crippen LogP contribution in [-0.4, -0.2) is 27.1 Å². The molecule has 1 aliphatic rings. The van der Waals surface area contributed by atoms with Gasteiger partial charge in [-0.1, -0.05) is 6.07 Å². The Labute approximate surface area is 136 Å². The first-order valence-electron chi connectivity index (χ1n) is 7.77. The molecule has 0 bridgehead atoms. The number of benzene rings is 1. The van der Waals surface area contributed by atoms with Crippen molar-refractivity contribution in [1.29, 1.82) is 0 Å². The van der Waals surface area contributed by atoms with E-state index in [1.807, 2.05) is 0 Å². The largest absolute Gasteiger partial charge is 0.490 e. The summed E-state index contributed by atoms with van der Waals surface area (Å²) in [5.41, 5.74) is 0.635. The quantitative estimate of drug-likeness (QED) is 0.523. The Balaban J connectivity index is 1.98. The monoisotopic (exact) mass is 343 g/mol. The minimum atomic E-state index is -3.48. The molecule has 1 saturated carbocycles. The van der Waals surface area contributed by atoms with Crippen LogP contribution in [0, 0.1) is 11.7 Å². The third-order valence-corrected chi connectivity index (χ3v) is 5.26. The van der Waals surface area contributed by atoms with Gasteiger partial charge in [-0.3, -0.25) is 0 Å². The molecule has 1 aliphatic carbocycles. The van der Waals surface area contributed by atoms with Gasteiger partial charge in [0.15, 0.2) is 11.6 Å².